The van der Waals surface area contributed by atoms with Crippen LogP contribution in [0.4, 0.5) is 5.69 Å². The molecule has 0 spiro atoms. The second-order valence-corrected chi connectivity index (χ2v) is 5.97. The molecule has 6 heteroatoms. The lowest BCUT2D eigenvalue weighted by molar-refractivity contribution is 0.529. The molecule has 106 valence electrons. The highest BCUT2D eigenvalue weighted by molar-refractivity contribution is 9.10. The maximum Gasteiger partial charge on any atom is 0.0738 e. The Balaban J connectivity index is 1.57. The molecule has 1 N–H and O–H groups in total. The van der Waals surface area contributed by atoms with Crippen molar-refractivity contribution >= 4 is 21.6 Å². The van der Waals surface area contributed by atoms with Crippen molar-refractivity contribution in [2.45, 2.75) is 19.0 Å². The maximum absolute atomic E-state index is 3.95. The number of hydrogen-bond acceptors (Lipinski definition) is 4. The molecule has 0 bridgehead atoms. The first-order chi connectivity index (χ1) is 9.74. The quantitative estimate of drug-likeness (QED) is 0.927. The van der Waals surface area contributed by atoms with E-state index in [0.29, 0.717) is 6.04 Å². The molecule has 1 aromatic carbocycles. The van der Waals surface area contributed by atoms with Gasteiger partial charge in [0.15, 0.2) is 0 Å². The first-order valence-corrected chi connectivity index (χ1v) is 7.60. The minimum atomic E-state index is 0.511. The summed E-state index contributed by atoms with van der Waals surface area (Å²) in [6, 6.07) is 8.91. The Morgan fingerprint density at radius 1 is 1.40 bits per heavy atom. The molecule has 5 nitrogen and oxygen atoms in total. The number of aromatic nitrogens is 3. The van der Waals surface area contributed by atoms with Crippen molar-refractivity contribution in [3.8, 4) is 0 Å². The summed E-state index contributed by atoms with van der Waals surface area (Å²) >= 11 is 3.62. The Morgan fingerprint density at radius 3 is 3.00 bits per heavy atom. The van der Waals surface area contributed by atoms with E-state index in [1.54, 1.807) is 0 Å². The van der Waals surface area contributed by atoms with Crippen LogP contribution in [0.2, 0.25) is 0 Å². The van der Waals surface area contributed by atoms with Gasteiger partial charge in [0.05, 0.1) is 17.6 Å². The normalized spacial score (nSPS) is 18.7. The van der Waals surface area contributed by atoms with Crippen molar-refractivity contribution in [1.29, 1.82) is 0 Å². The molecule has 0 unspecified atom stereocenters. The van der Waals surface area contributed by atoms with Gasteiger partial charge in [0.2, 0.25) is 0 Å². The van der Waals surface area contributed by atoms with E-state index in [1.165, 1.54) is 5.69 Å². The summed E-state index contributed by atoms with van der Waals surface area (Å²) in [6.07, 6.45) is 2.97. The van der Waals surface area contributed by atoms with Gasteiger partial charge >= 0.3 is 0 Å². The van der Waals surface area contributed by atoms with Crippen LogP contribution in [0.25, 0.3) is 0 Å². The lowest BCUT2D eigenvalue weighted by atomic mass is 10.2. The van der Waals surface area contributed by atoms with Crippen molar-refractivity contribution in [2.24, 2.45) is 7.05 Å². The molecule has 1 saturated heterocycles. The summed E-state index contributed by atoms with van der Waals surface area (Å²) in [6.45, 7) is 2.94. The van der Waals surface area contributed by atoms with Gasteiger partial charge in [-0.05, 0) is 34.5 Å². The van der Waals surface area contributed by atoms with Gasteiger partial charge in [0.25, 0.3) is 0 Å². The van der Waals surface area contributed by atoms with Gasteiger partial charge in [0.1, 0.15) is 0 Å². The van der Waals surface area contributed by atoms with Crippen LogP contribution in [0.15, 0.2) is 34.9 Å². The van der Waals surface area contributed by atoms with Crippen molar-refractivity contribution in [1.82, 2.24) is 20.3 Å². The lowest BCUT2D eigenvalue weighted by Crippen LogP contribution is -2.32. The Bertz CT molecular complexity index is 582. The van der Waals surface area contributed by atoms with Gasteiger partial charge in [-0.3, -0.25) is 4.68 Å². The van der Waals surface area contributed by atoms with Crippen LogP contribution in [-0.4, -0.2) is 34.1 Å². The number of nitrogens with zero attached hydrogens (tertiary/aromatic N) is 4. The molecule has 2 heterocycles. The van der Waals surface area contributed by atoms with E-state index in [1.807, 2.05) is 17.9 Å². The number of para-hydroxylation sites is 1. The zero-order chi connectivity index (χ0) is 13.9. The molecule has 3 rings (SSSR count). The van der Waals surface area contributed by atoms with Crippen LogP contribution < -0.4 is 10.2 Å². The molecule has 0 amide bonds. The van der Waals surface area contributed by atoms with Gasteiger partial charge < -0.3 is 10.2 Å². The Hall–Kier alpha value is -1.40. The standard InChI is InChI=1S/C14H18BrN5/c1-19-12(9-17-18-19)8-16-11-6-7-20(10-11)14-5-3-2-4-13(14)15/h2-5,9,11,16H,6-8,10H2,1H3/t11-/m0/s1. The van der Waals surface area contributed by atoms with Crippen LogP contribution in [0.5, 0.6) is 0 Å². The van der Waals surface area contributed by atoms with Crippen LogP contribution in [-0.2, 0) is 13.6 Å². The average molecular weight is 336 g/mol. The van der Waals surface area contributed by atoms with Gasteiger partial charge in [-0.15, -0.1) is 5.10 Å². The highest BCUT2D eigenvalue weighted by Gasteiger charge is 2.23. The van der Waals surface area contributed by atoms with E-state index in [4.69, 9.17) is 0 Å². The fraction of sp³-hybridized carbons (Fsp3) is 0.429. The Morgan fingerprint density at radius 2 is 2.25 bits per heavy atom. The third-order valence-electron chi connectivity index (χ3n) is 3.76. The first-order valence-electron chi connectivity index (χ1n) is 6.80. The number of aryl methyl sites for hydroxylation is 1. The van der Waals surface area contributed by atoms with E-state index in [-0.39, 0.29) is 0 Å². The number of halogens is 1. The van der Waals surface area contributed by atoms with Crippen LogP contribution in [0, 0.1) is 0 Å². The molecule has 0 radical (unpaired) electrons. The summed E-state index contributed by atoms with van der Waals surface area (Å²) in [5, 5.41) is 11.4. The molecule has 2 aromatic rings. The first kappa shape index (κ1) is 13.6. The average Bonchev–Trinajstić information content (AvgIpc) is 3.06. The number of rotatable bonds is 4. The largest absolute Gasteiger partial charge is 0.369 e. The topological polar surface area (TPSA) is 46.0 Å². The van der Waals surface area contributed by atoms with Gasteiger partial charge in [-0.2, -0.15) is 0 Å². The molecular formula is C14H18BrN5. The number of benzene rings is 1. The maximum atomic E-state index is 3.95. The predicted octanol–water partition coefficient (Wildman–Crippen LogP) is 1.95. The van der Waals surface area contributed by atoms with Gasteiger partial charge in [-0.1, -0.05) is 17.3 Å². The molecule has 1 aromatic heterocycles. The SMILES string of the molecule is Cn1nncc1CN[C@H]1CCN(c2ccccc2Br)C1. The Labute approximate surface area is 127 Å². The number of nitrogens with one attached hydrogen (secondary N) is 1. The molecule has 1 atom stereocenters. The minimum absolute atomic E-state index is 0.511. The molecule has 0 saturated carbocycles. The van der Waals surface area contributed by atoms with Crippen LogP contribution >= 0.6 is 15.9 Å². The van der Waals surface area contributed by atoms with E-state index in [9.17, 15) is 0 Å². The Kier molecular flexibility index (Phi) is 4.03. The molecule has 1 aliphatic rings. The molecule has 1 aliphatic heterocycles. The predicted molar refractivity (Wildman–Crippen MR) is 82.6 cm³/mol. The van der Waals surface area contributed by atoms with E-state index >= 15 is 0 Å². The van der Waals surface area contributed by atoms with Crippen molar-refractivity contribution in [3.05, 3.63) is 40.6 Å². The molecule has 1 fully saturated rings. The zero-order valence-corrected chi connectivity index (χ0v) is 13.0. The summed E-state index contributed by atoms with van der Waals surface area (Å²) in [5.74, 6) is 0. The van der Waals surface area contributed by atoms with Crippen LogP contribution in [0.1, 0.15) is 12.1 Å². The molecule has 0 aliphatic carbocycles. The summed E-state index contributed by atoms with van der Waals surface area (Å²) < 4.78 is 2.98. The lowest BCUT2D eigenvalue weighted by Gasteiger charge is -2.20. The van der Waals surface area contributed by atoms with Crippen LogP contribution in [0.3, 0.4) is 0 Å². The van der Waals surface area contributed by atoms with Crippen molar-refractivity contribution < 1.29 is 0 Å². The summed E-state index contributed by atoms with van der Waals surface area (Å²) in [4.78, 5) is 2.42. The van der Waals surface area contributed by atoms with E-state index in [2.05, 4.69) is 60.7 Å². The van der Waals surface area contributed by atoms with Gasteiger partial charge in [0, 0.05) is 37.2 Å². The fourth-order valence-electron chi connectivity index (χ4n) is 2.57. The summed E-state index contributed by atoms with van der Waals surface area (Å²) in [7, 11) is 1.92. The zero-order valence-electron chi connectivity index (χ0n) is 11.5. The smallest absolute Gasteiger partial charge is 0.0738 e. The molecular weight excluding hydrogens is 318 g/mol. The third kappa shape index (κ3) is 2.86. The number of anilines is 1. The van der Waals surface area contributed by atoms with Gasteiger partial charge in [-0.25, -0.2) is 0 Å². The third-order valence-corrected chi connectivity index (χ3v) is 4.43. The minimum Gasteiger partial charge on any atom is -0.369 e. The number of hydrogen-bond donors (Lipinski definition) is 1. The summed E-state index contributed by atoms with van der Waals surface area (Å²) in [5.41, 5.74) is 2.39. The second kappa shape index (κ2) is 5.93. The highest BCUT2D eigenvalue weighted by atomic mass is 79.9. The fourth-order valence-corrected chi connectivity index (χ4v) is 3.11. The van der Waals surface area contributed by atoms with Crippen molar-refractivity contribution in [2.75, 3.05) is 18.0 Å². The van der Waals surface area contributed by atoms with E-state index < -0.39 is 0 Å². The monoisotopic (exact) mass is 335 g/mol. The van der Waals surface area contributed by atoms with E-state index in [0.717, 1.165) is 36.2 Å². The second-order valence-electron chi connectivity index (χ2n) is 5.11. The van der Waals surface area contributed by atoms with Crippen molar-refractivity contribution in [3.63, 3.8) is 0 Å². The highest BCUT2D eigenvalue weighted by Crippen LogP contribution is 2.28. The molecule has 20 heavy (non-hydrogen) atoms.